The van der Waals surface area contributed by atoms with Gasteiger partial charge in [-0.15, -0.1) is 11.3 Å². The molecule has 1 saturated carbocycles. The van der Waals surface area contributed by atoms with Crippen LogP contribution < -0.4 is 5.73 Å². The predicted molar refractivity (Wildman–Crippen MR) is 74.1 cm³/mol. The average Bonchev–Trinajstić information content (AvgIpc) is 2.64. The van der Waals surface area contributed by atoms with Gasteiger partial charge in [0.1, 0.15) is 5.01 Å². The number of hydrogen-bond donors (Lipinski definition) is 1. The van der Waals surface area contributed by atoms with Crippen molar-refractivity contribution in [1.29, 1.82) is 0 Å². The first-order valence-electron chi connectivity index (χ1n) is 6.56. The molecular weight excluding hydrogens is 228 g/mol. The van der Waals surface area contributed by atoms with E-state index in [1.807, 2.05) is 6.20 Å². The summed E-state index contributed by atoms with van der Waals surface area (Å²) in [5.41, 5.74) is 6.83. The third-order valence-corrected chi connectivity index (χ3v) is 5.13. The first-order chi connectivity index (χ1) is 7.84. The molecule has 3 heteroatoms. The molecule has 1 fully saturated rings. The summed E-state index contributed by atoms with van der Waals surface area (Å²) in [4.78, 5) is 5.84. The first-order valence-corrected chi connectivity index (χ1v) is 7.37. The number of nitrogens with two attached hydrogens (primary N) is 1. The van der Waals surface area contributed by atoms with Crippen molar-refractivity contribution in [3.63, 3.8) is 0 Å². The SMILES string of the molecule is Cc1cnc(C2(N)CCCCC2C(C)(C)C)s1. The molecule has 0 amide bonds. The van der Waals surface area contributed by atoms with Gasteiger partial charge < -0.3 is 5.73 Å². The molecule has 2 atom stereocenters. The summed E-state index contributed by atoms with van der Waals surface area (Å²) in [5.74, 6) is 0.536. The van der Waals surface area contributed by atoms with E-state index in [1.54, 1.807) is 11.3 Å². The summed E-state index contributed by atoms with van der Waals surface area (Å²) in [6.07, 6.45) is 6.83. The van der Waals surface area contributed by atoms with Crippen molar-refractivity contribution in [3.8, 4) is 0 Å². The normalized spacial score (nSPS) is 30.5. The van der Waals surface area contributed by atoms with Crippen LogP contribution in [0.3, 0.4) is 0 Å². The van der Waals surface area contributed by atoms with E-state index in [2.05, 4.69) is 32.7 Å². The number of aryl methyl sites for hydroxylation is 1. The van der Waals surface area contributed by atoms with Crippen molar-refractivity contribution in [2.24, 2.45) is 17.1 Å². The zero-order valence-electron chi connectivity index (χ0n) is 11.4. The van der Waals surface area contributed by atoms with Crippen LogP contribution in [-0.4, -0.2) is 4.98 Å². The van der Waals surface area contributed by atoms with E-state index in [-0.39, 0.29) is 11.0 Å². The molecule has 2 nitrogen and oxygen atoms in total. The van der Waals surface area contributed by atoms with Gasteiger partial charge in [0, 0.05) is 11.1 Å². The van der Waals surface area contributed by atoms with Gasteiger partial charge in [-0.3, -0.25) is 0 Å². The molecule has 17 heavy (non-hydrogen) atoms. The summed E-state index contributed by atoms with van der Waals surface area (Å²) in [7, 11) is 0. The quantitative estimate of drug-likeness (QED) is 0.824. The maximum Gasteiger partial charge on any atom is 0.113 e. The van der Waals surface area contributed by atoms with Crippen LogP contribution >= 0.6 is 11.3 Å². The van der Waals surface area contributed by atoms with Crippen LogP contribution in [0.4, 0.5) is 0 Å². The third kappa shape index (κ3) is 2.41. The van der Waals surface area contributed by atoms with Gasteiger partial charge in [0.2, 0.25) is 0 Å². The maximum atomic E-state index is 6.77. The third-order valence-electron chi connectivity index (χ3n) is 4.02. The monoisotopic (exact) mass is 252 g/mol. The van der Waals surface area contributed by atoms with E-state index < -0.39 is 0 Å². The second-order valence-corrected chi connectivity index (χ2v) is 7.72. The second kappa shape index (κ2) is 4.36. The highest BCUT2D eigenvalue weighted by molar-refractivity contribution is 7.11. The Hall–Kier alpha value is -0.410. The van der Waals surface area contributed by atoms with Crippen molar-refractivity contribution in [3.05, 3.63) is 16.1 Å². The van der Waals surface area contributed by atoms with Gasteiger partial charge in [-0.2, -0.15) is 0 Å². The lowest BCUT2D eigenvalue weighted by Gasteiger charge is -2.46. The minimum Gasteiger partial charge on any atom is -0.319 e. The molecule has 0 radical (unpaired) electrons. The lowest BCUT2D eigenvalue weighted by atomic mass is 9.62. The van der Waals surface area contributed by atoms with Gasteiger partial charge in [-0.05, 0) is 31.1 Å². The van der Waals surface area contributed by atoms with E-state index in [9.17, 15) is 0 Å². The molecule has 96 valence electrons. The molecule has 2 unspecified atom stereocenters. The smallest absolute Gasteiger partial charge is 0.113 e. The molecule has 1 aliphatic rings. The standard InChI is InChI=1S/C14H24N2S/c1-10-9-16-12(17-10)14(15)8-6-5-7-11(14)13(2,3)4/h9,11H,5-8,15H2,1-4H3. The van der Waals surface area contributed by atoms with Gasteiger partial charge in [0.25, 0.3) is 0 Å². The van der Waals surface area contributed by atoms with Gasteiger partial charge >= 0.3 is 0 Å². The number of nitrogens with zero attached hydrogens (tertiary/aromatic N) is 1. The molecule has 1 aromatic rings. The lowest BCUT2D eigenvalue weighted by Crippen LogP contribution is -2.51. The summed E-state index contributed by atoms with van der Waals surface area (Å²) in [6.45, 7) is 9.04. The minimum atomic E-state index is -0.199. The van der Waals surface area contributed by atoms with Crippen molar-refractivity contribution in [2.75, 3.05) is 0 Å². The molecule has 1 heterocycles. The molecule has 2 N–H and O–H groups in total. The molecule has 0 bridgehead atoms. The van der Waals surface area contributed by atoms with Gasteiger partial charge in [-0.25, -0.2) is 4.98 Å². The van der Waals surface area contributed by atoms with E-state index in [1.165, 1.54) is 24.1 Å². The van der Waals surface area contributed by atoms with E-state index >= 15 is 0 Å². The number of rotatable bonds is 1. The number of hydrogen-bond acceptors (Lipinski definition) is 3. The summed E-state index contributed by atoms with van der Waals surface area (Å²) in [6, 6.07) is 0. The molecule has 0 aromatic carbocycles. The second-order valence-electron chi connectivity index (χ2n) is 6.48. The van der Waals surface area contributed by atoms with Crippen LogP contribution in [0.5, 0.6) is 0 Å². The lowest BCUT2D eigenvalue weighted by molar-refractivity contribution is 0.0776. The molecule has 0 saturated heterocycles. The Bertz CT molecular complexity index is 391. The largest absolute Gasteiger partial charge is 0.319 e. The molecular formula is C14H24N2S. The van der Waals surface area contributed by atoms with Crippen molar-refractivity contribution >= 4 is 11.3 Å². The fraction of sp³-hybridized carbons (Fsp3) is 0.786. The minimum absolute atomic E-state index is 0.199. The fourth-order valence-electron chi connectivity index (χ4n) is 3.23. The Kier molecular flexibility index (Phi) is 3.34. The zero-order valence-corrected chi connectivity index (χ0v) is 12.2. The van der Waals surface area contributed by atoms with Crippen molar-refractivity contribution < 1.29 is 0 Å². The number of aromatic nitrogens is 1. The Labute approximate surface area is 109 Å². The molecule has 1 aromatic heterocycles. The van der Waals surface area contributed by atoms with E-state index in [4.69, 9.17) is 5.73 Å². The van der Waals surface area contributed by atoms with Gasteiger partial charge in [-0.1, -0.05) is 33.6 Å². The predicted octanol–water partition coefficient (Wildman–Crippen LogP) is 3.84. The Morgan fingerprint density at radius 3 is 2.65 bits per heavy atom. The number of thiazole rings is 1. The van der Waals surface area contributed by atoms with Crippen LogP contribution in [0.1, 0.15) is 56.3 Å². The van der Waals surface area contributed by atoms with E-state index in [0.717, 1.165) is 11.4 Å². The molecule has 0 aliphatic heterocycles. The summed E-state index contributed by atoms with van der Waals surface area (Å²) < 4.78 is 0. The van der Waals surface area contributed by atoms with Crippen LogP contribution in [0.25, 0.3) is 0 Å². The summed E-state index contributed by atoms with van der Waals surface area (Å²) in [5, 5.41) is 1.15. The first kappa shape index (κ1) is 13.0. The van der Waals surface area contributed by atoms with Gasteiger partial charge in [0.15, 0.2) is 0 Å². The van der Waals surface area contributed by atoms with Gasteiger partial charge in [0.05, 0.1) is 5.54 Å². The van der Waals surface area contributed by atoms with Crippen LogP contribution in [0.2, 0.25) is 0 Å². The Balaban J connectivity index is 2.38. The average molecular weight is 252 g/mol. The van der Waals surface area contributed by atoms with E-state index in [0.29, 0.717) is 5.92 Å². The highest BCUT2D eigenvalue weighted by Crippen LogP contribution is 2.48. The van der Waals surface area contributed by atoms with Crippen molar-refractivity contribution in [1.82, 2.24) is 4.98 Å². The molecule has 0 spiro atoms. The zero-order chi connectivity index (χ0) is 12.7. The van der Waals surface area contributed by atoms with Crippen molar-refractivity contribution in [2.45, 2.75) is 58.9 Å². The topological polar surface area (TPSA) is 38.9 Å². The van der Waals surface area contributed by atoms with Crippen LogP contribution in [0.15, 0.2) is 6.20 Å². The summed E-state index contributed by atoms with van der Waals surface area (Å²) >= 11 is 1.78. The Morgan fingerprint density at radius 1 is 1.41 bits per heavy atom. The molecule has 1 aliphatic carbocycles. The fourth-order valence-corrected chi connectivity index (χ4v) is 4.18. The highest BCUT2D eigenvalue weighted by atomic mass is 32.1. The molecule has 2 rings (SSSR count). The van der Waals surface area contributed by atoms with Crippen LogP contribution in [0, 0.1) is 18.3 Å². The highest BCUT2D eigenvalue weighted by Gasteiger charge is 2.46. The Morgan fingerprint density at radius 2 is 2.12 bits per heavy atom. The van der Waals surface area contributed by atoms with Crippen LogP contribution in [-0.2, 0) is 5.54 Å². The maximum absolute atomic E-state index is 6.77.